The summed E-state index contributed by atoms with van der Waals surface area (Å²) in [6, 6.07) is 23.0. The molecule has 0 bridgehead atoms. The Bertz CT molecular complexity index is 1080. The highest BCUT2D eigenvalue weighted by atomic mass is 35.5. The Morgan fingerprint density at radius 3 is 2.33 bits per heavy atom. The van der Waals surface area contributed by atoms with Crippen LogP contribution in [0.4, 0.5) is 0 Å². The maximum absolute atomic E-state index is 12.0. The van der Waals surface area contributed by atoms with Gasteiger partial charge in [-0.25, -0.2) is 4.79 Å². The number of halogens is 1. The molecule has 0 radical (unpaired) electrons. The van der Waals surface area contributed by atoms with Gasteiger partial charge in [0.25, 0.3) is 0 Å². The highest BCUT2D eigenvalue weighted by molar-refractivity contribution is 6.30. The number of benzene rings is 3. The summed E-state index contributed by atoms with van der Waals surface area (Å²) in [5.41, 5.74) is 1.96. The fourth-order valence-corrected chi connectivity index (χ4v) is 2.80. The molecule has 0 atom stereocenters. The van der Waals surface area contributed by atoms with Gasteiger partial charge in [0, 0.05) is 10.6 Å². The van der Waals surface area contributed by atoms with Crippen LogP contribution in [0.2, 0.25) is 5.02 Å². The number of carbonyl (C=O) groups excluding carboxylic acids is 1. The molecule has 0 amide bonds. The van der Waals surface area contributed by atoms with Crippen molar-refractivity contribution in [2.45, 2.75) is 0 Å². The van der Waals surface area contributed by atoms with Crippen molar-refractivity contribution in [3.63, 3.8) is 0 Å². The van der Waals surface area contributed by atoms with E-state index in [1.54, 1.807) is 67.8 Å². The maximum atomic E-state index is 12.0. The molecule has 0 aliphatic heterocycles. The summed E-state index contributed by atoms with van der Waals surface area (Å²) >= 11 is 5.81. The van der Waals surface area contributed by atoms with E-state index in [9.17, 15) is 10.1 Å². The number of rotatable bonds is 7. The molecular formula is C24H18ClNO4. The number of nitriles is 1. The zero-order valence-corrected chi connectivity index (χ0v) is 16.9. The summed E-state index contributed by atoms with van der Waals surface area (Å²) < 4.78 is 16.0. The van der Waals surface area contributed by atoms with Crippen molar-refractivity contribution in [1.29, 1.82) is 5.26 Å². The minimum Gasteiger partial charge on any atom is -0.496 e. The van der Waals surface area contributed by atoms with Gasteiger partial charge in [-0.2, -0.15) is 5.26 Å². The standard InChI is InChI=1S/C24H18ClNO4/c1-28-23-5-3-2-4-22(23)18(15-26)14-17-6-10-21(11-7-17)30-24(27)16-29-20-12-8-19(25)9-13-20/h2-14H,16H2,1H3/b18-14-. The first-order chi connectivity index (χ1) is 14.6. The van der Waals surface area contributed by atoms with Gasteiger partial charge in [0.15, 0.2) is 6.61 Å². The van der Waals surface area contributed by atoms with E-state index < -0.39 is 5.97 Å². The Balaban J connectivity index is 1.64. The Hall–Kier alpha value is -3.75. The van der Waals surface area contributed by atoms with Gasteiger partial charge in [-0.1, -0.05) is 35.9 Å². The zero-order valence-electron chi connectivity index (χ0n) is 16.2. The average Bonchev–Trinajstić information content (AvgIpc) is 2.78. The molecular weight excluding hydrogens is 402 g/mol. The second kappa shape index (κ2) is 10.1. The molecule has 150 valence electrons. The van der Waals surface area contributed by atoms with Gasteiger partial charge in [-0.05, 0) is 60.2 Å². The lowest BCUT2D eigenvalue weighted by molar-refractivity contribution is -0.136. The summed E-state index contributed by atoms with van der Waals surface area (Å²) in [6.07, 6.45) is 1.74. The fourth-order valence-electron chi connectivity index (χ4n) is 2.67. The topological polar surface area (TPSA) is 68.5 Å². The Morgan fingerprint density at radius 1 is 1.00 bits per heavy atom. The lowest BCUT2D eigenvalue weighted by Gasteiger charge is -2.08. The molecule has 0 spiro atoms. The van der Waals surface area contributed by atoms with Crippen molar-refractivity contribution in [3.05, 3.63) is 88.9 Å². The van der Waals surface area contributed by atoms with Crippen molar-refractivity contribution in [2.24, 2.45) is 0 Å². The first kappa shape index (κ1) is 21.0. The summed E-state index contributed by atoms with van der Waals surface area (Å²) in [5.74, 6) is 1.00. The number of nitrogens with zero attached hydrogens (tertiary/aromatic N) is 1. The quantitative estimate of drug-likeness (QED) is 0.222. The molecule has 0 saturated heterocycles. The van der Waals surface area contributed by atoms with E-state index in [1.807, 2.05) is 18.2 Å². The minimum atomic E-state index is -0.528. The van der Waals surface area contributed by atoms with Crippen LogP contribution in [0, 0.1) is 11.3 Å². The molecule has 3 rings (SSSR count). The zero-order chi connectivity index (χ0) is 21.3. The number of para-hydroxylation sites is 1. The summed E-state index contributed by atoms with van der Waals surface area (Å²) in [5, 5.41) is 10.1. The van der Waals surface area contributed by atoms with Gasteiger partial charge >= 0.3 is 5.97 Å². The SMILES string of the molecule is COc1ccccc1/C(C#N)=C\c1ccc(OC(=O)COc2ccc(Cl)cc2)cc1. The normalized spacial score (nSPS) is 10.8. The average molecular weight is 420 g/mol. The number of hydrogen-bond acceptors (Lipinski definition) is 5. The predicted octanol–water partition coefficient (Wildman–Crippen LogP) is 5.40. The van der Waals surface area contributed by atoms with Crippen LogP contribution in [0.15, 0.2) is 72.8 Å². The molecule has 0 aromatic heterocycles. The predicted molar refractivity (Wildman–Crippen MR) is 116 cm³/mol. The smallest absolute Gasteiger partial charge is 0.349 e. The first-order valence-corrected chi connectivity index (χ1v) is 9.41. The molecule has 5 nitrogen and oxygen atoms in total. The van der Waals surface area contributed by atoms with E-state index in [0.29, 0.717) is 33.4 Å². The summed E-state index contributed by atoms with van der Waals surface area (Å²) in [7, 11) is 1.56. The largest absolute Gasteiger partial charge is 0.496 e. The third kappa shape index (κ3) is 5.63. The van der Waals surface area contributed by atoms with Crippen LogP contribution in [0.1, 0.15) is 11.1 Å². The Labute approximate surface area is 179 Å². The second-order valence-corrected chi connectivity index (χ2v) is 6.59. The molecule has 3 aromatic carbocycles. The molecule has 0 saturated carbocycles. The van der Waals surface area contributed by atoms with E-state index in [4.69, 9.17) is 25.8 Å². The molecule has 0 heterocycles. The van der Waals surface area contributed by atoms with Crippen LogP contribution in [-0.4, -0.2) is 19.7 Å². The second-order valence-electron chi connectivity index (χ2n) is 6.16. The molecule has 0 unspecified atom stereocenters. The van der Waals surface area contributed by atoms with E-state index in [1.165, 1.54) is 0 Å². The van der Waals surface area contributed by atoms with Crippen molar-refractivity contribution in [2.75, 3.05) is 13.7 Å². The van der Waals surface area contributed by atoms with Gasteiger partial charge in [0.1, 0.15) is 17.2 Å². The van der Waals surface area contributed by atoms with E-state index in [2.05, 4.69) is 6.07 Å². The van der Waals surface area contributed by atoms with Crippen LogP contribution in [-0.2, 0) is 4.79 Å². The number of methoxy groups -OCH3 is 1. The van der Waals surface area contributed by atoms with Crippen LogP contribution in [0.25, 0.3) is 11.6 Å². The van der Waals surface area contributed by atoms with Crippen LogP contribution in [0.5, 0.6) is 17.2 Å². The number of ether oxygens (including phenoxy) is 3. The highest BCUT2D eigenvalue weighted by Gasteiger charge is 2.09. The number of esters is 1. The third-order valence-electron chi connectivity index (χ3n) is 4.11. The van der Waals surface area contributed by atoms with Gasteiger partial charge in [-0.15, -0.1) is 0 Å². The van der Waals surface area contributed by atoms with E-state index in [-0.39, 0.29) is 6.61 Å². The molecule has 0 aliphatic carbocycles. The maximum Gasteiger partial charge on any atom is 0.349 e. The number of allylic oxidation sites excluding steroid dienone is 1. The number of hydrogen-bond donors (Lipinski definition) is 0. The van der Waals surface area contributed by atoms with Crippen LogP contribution < -0.4 is 14.2 Å². The summed E-state index contributed by atoms with van der Waals surface area (Å²) in [4.78, 5) is 12.0. The Morgan fingerprint density at radius 2 is 1.67 bits per heavy atom. The lowest BCUT2D eigenvalue weighted by Crippen LogP contribution is -2.17. The molecule has 30 heavy (non-hydrogen) atoms. The highest BCUT2D eigenvalue weighted by Crippen LogP contribution is 2.27. The molecule has 3 aromatic rings. The molecule has 6 heteroatoms. The van der Waals surface area contributed by atoms with Crippen molar-refractivity contribution < 1.29 is 19.0 Å². The van der Waals surface area contributed by atoms with Crippen molar-refractivity contribution >= 4 is 29.2 Å². The molecule has 0 aliphatic rings. The summed E-state index contributed by atoms with van der Waals surface area (Å²) in [6.45, 7) is -0.227. The van der Waals surface area contributed by atoms with Gasteiger partial charge in [0.2, 0.25) is 0 Å². The monoisotopic (exact) mass is 419 g/mol. The van der Waals surface area contributed by atoms with Crippen LogP contribution in [0.3, 0.4) is 0 Å². The number of carbonyl (C=O) groups is 1. The van der Waals surface area contributed by atoms with E-state index in [0.717, 1.165) is 5.56 Å². The minimum absolute atomic E-state index is 0.227. The van der Waals surface area contributed by atoms with Gasteiger partial charge in [0.05, 0.1) is 18.8 Å². The first-order valence-electron chi connectivity index (χ1n) is 9.03. The molecule has 0 N–H and O–H groups in total. The lowest BCUT2D eigenvalue weighted by atomic mass is 10.0. The Kier molecular flexibility index (Phi) is 7.09. The van der Waals surface area contributed by atoms with Crippen molar-refractivity contribution in [1.82, 2.24) is 0 Å². The molecule has 0 fully saturated rings. The van der Waals surface area contributed by atoms with Gasteiger partial charge in [-0.3, -0.25) is 0 Å². The fraction of sp³-hybridized carbons (Fsp3) is 0.0833. The van der Waals surface area contributed by atoms with Crippen molar-refractivity contribution in [3.8, 4) is 23.3 Å². The van der Waals surface area contributed by atoms with Crippen LogP contribution >= 0.6 is 11.6 Å². The third-order valence-corrected chi connectivity index (χ3v) is 4.36. The van der Waals surface area contributed by atoms with E-state index >= 15 is 0 Å². The van der Waals surface area contributed by atoms with Gasteiger partial charge < -0.3 is 14.2 Å².